The maximum atomic E-state index is 13.7. The first-order valence-electron chi connectivity index (χ1n) is 25.5. The number of aromatic nitrogens is 5. The van der Waals surface area contributed by atoms with Crippen molar-refractivity contribution < 1.29 is 27.5 Å². The highest BCUT2D eigenvalue weighted by molar-refractivity contribution is 6.30. The molecule has 0 amide bonds. The van der Waals surface area contributed by atoms with Crippen molar-refractivity contribution in [2.24, 2.45) is 0 Å². The van der Waals surface area contributed by atoms with E-state index in [1.807, 2.05) is 53.7 Å². The molecule has 8 aromatic rings. The van der Waals surface area contributed by atoms with E-state index in [0.717, 1.165) is 45.3 Å². The molecule has 7 N–H and O–H groups in total. The molecular weight excluding hydrogens is 1070 g/mol. The van der Waals surface area contributed by atoms with Gasteiger partial charge in [0.25, 0.3) is 11.1 Å². The van der Waals surface area contributed by atoms with Crippen LogP contribution in [0.5, 0.6) is 5.88 Å². The summed E-state index contributed by atoms with van der Waals surface area (Å²) in [6, 6.07) is 26.4. The molecule has 0 atom stereocenters. The summed E-state index contributed by atoms with van der Waals surface area (Å²) in [6.45, 7) is 20.1. The lowest BCUT2D eigenvalue weighted by atomic mass is 10.0. The Hall–Kier alpha value is -8.37. The Balaban J connectivity index is 0.000000386. The van der Waals surface area contributed by atoms with Crippen molar-refractivity contribution >= 4 is 45.9 Å². The van der Waals surface area contributed by atoms with Gasteiger partial charge in [-0.15, -0.1) is 0 Å². The van der Waals surface area contributed by atoms with Crippen molar-refractivity contribution in [2.45, 2.75) is 129 Å². The first-order valence-corrected chi connectivity index (χ1v) is 25.9. The molecule has 13 nitrogen and oxygen atoms in total. The lowest BCUT2D eigenvalue weighted by molar-refractivity contribution is -0.117. The number of nitrogens with two attached hydrogens (primary N) is 2. The fraction of sp³-hybridized carbons (Fsp3) is 0.308. The fourth-order valence-corrected chi connectivity index (χ4v) is 8.40. The third-order valence-electron chi connectivity index (χ3n) is 12.3. The normalized spacial score (nSPS) is 10.4. The van der Waals surface area contributed by atoms with Gasteiger partial charge in [-0.1, -0.05) is 93.6 Å². The van der Waals surface area contributed by atoms with Crippen LogP contribution in [-0.2, 0) is 22.4 Å². The Morgan fingerprint density at radius 1 is 0.585 bits per heavy atom. The van der Waals surface area contributed by atoms with Crippen LogP contribution in [0.4, 0.5) is 35.9 Å². The molecule has 0 unspecified atom stereocenters. The largest absolute Gasteiger partial charge is 0.481 e. The Bertz CT molecular complexity index is 3600. The number of methoxy groups -OCH3 is 1. The maximum Gasteiger partial charge on any atom is 0.256 e. The van der Waals surface area contributed by atoms with Crippen LogP contribution in [0.2, 0.25) is 5.02 Å². The molecule has 0 aliphatic rings. The van der Waals surface area contributed by atoms with Crippen LogP contribution in [0.1, 0.15) is 141 Å². The molecular formula is C65H80ClF3N8O5. The molecule has 0 saturated heterocycles. The minimum absolute atomic E-state index is 0. The van der Waals surface area contributed by atoms with Crippen molar-refractivity contribution in [3.63, 3.8) is 0 Å². The van der Waals surface area contributed by atoms with Crippen LogP contribution < -0.4 is 32.6 Å². The molecule has 3 aromatic carbocycles. The number of aryl methyl sites for hydroxylation is 3. The molecule has 8 rings (SSSR count). The number of nitrogen functional groups attached to an aromatic ring is 2. The number of ether oxygens (including phenoxy) is 1. The minimum Gasteiger partial charge on any atom is -0.481 e. The summed E-state index contributed by atoms with van der Waals surface area (Å²) >= 11 is 5.68. The van der Waals surface area contributed by atoms with Crippen LogP contribution >= 0.6 is 11.6 Å². The van der Waals surface area contributed by atoms with Gasteiger partial charge < -0.3 is 31.5 Å². The topological polar surface area (TPSA) is 212 Å². The maximum absolute atomic E-state index is 13.7. The van der Waals surface area contributed by atoms with Crippen molar-refractivity contribution in [1.29, 1.82) is 0 Å². The van der Waals surface area contributed by atoms with Crippen LogP contribution in [0.3, 0.4) is 0 Å². The van der Waals surface area contributed by atoms with E-state index in [4.69, 9.17) is 27.8 Å². The average molecular weight is 1150 g/mol. The summed E-state index contributed by atoms with van der Waals surface area (Å²) in [5.41, 5.74) is 23.4. The van der Waals surface area contributed by atoms with Gasteiger partial charge in [0.05, 0.1) is 29.9 Å². The summed E-state index contributed by atoms with van der Waals surface area (Å²) in [6.07, 6.45) is 3.87. The number of H-pyrrole nitrogens is 2. The van der Waals surface area contributed by atoms with Gasteiger partial charge in [0.15, 0.2) is 0 Å². The number of benzene rings is 3. The van der Waals surface area contributed by atoms with E-state index in [-0.39, 0.29) is 86.6 Å². The zero-order valence-corrected chi connectivity index (χ0v) is 47.3. The van der Waals surface area contributed by atoms with E-state index in [1.54, 1.807) is 107 Å². The molecule has 438 valence electrons. The number of pyridine rings is 5. The lowest BCUT2D eigenvalue weighted by Gasteiger charge is -2.16. The van der Waals surface area contributed by atoms with Crippen molar-refractivity contribution in [1.82, 2.24) is 24.9 Å². The van der Waals surface area contributed by atoms with Crippen molar-refractivity contribution in [3.05, 3.63) is 198 Å². The number of hydrogen-bond donors (Lipinski definition) is 5. The van der Waals surface area contributed by atoms with Gasteiger partial charge in [-0.3, -0.25) is 29.1 Å². The Labute approximate surface area is 486 Å². The highest BCUT2D eigenvalue weighted by Gasteiger charge is 2.18. The highest BCUT2D eigenvalue weighted by atomic mass is 35.5. The van der Waals surface area contributed by atoms with Crippen LogP contribution in [0, 0.1) is 38.2 Å². The number of aromatic amines is 2. The molecule has 0 saturated carbocycles. The molecule has 0 spiro atoms. The van der Waals surface area contributed by atoms with Crippen LogP contribution in [0.15, 0.2) is 119 Å². The van der Waals surface area contributed by atoms with E-state index in [1.165, 1.54) is 32.0 Å². The summed E-state index contributed by atoms with van der Waals surface area (Å²) in [5, 5.41) is 3.96. The van der Waals surface area contributed by atoms with E-state index >= 15 is 0 Å². The lowest BCUT2D eigenvalue weighted by Crippen LogP contribution is -2.15. The van der Waals surface area contributed by atoms with Gasteiger partial charge in [0.1, 0.15) is 29.0 Å². The number of carbonyl (C=O) groups excluding carboxylic acids is 2. The average Bonchev–Trinajstić information content (AvgIpc) is 3.37. The summed E-state index contributed by atoms with van der Waals surface area (Å²) in [5.74, 6) is 0.262. The minimum atomic E-state index is -0.308. The smallest absolute Gasteiger partial charge is 0.256 e. The number of anilines is 4. The summed E-state index contributed by atoms with van der Waals surface area (Å²) < 4.78 is 45.6. The van der Waals surface area contributed by atoms with E-state index in [9.17, 15) is 32.3 Å². The Morgan fingerprint density at radius 2 is 1.01 bits per heavy atom. The SMILES string of the molecule is C.C.C.CC(=O)Cc1cc(Cl)ccn1.CC(=O)Cc1cc(Nc2cc(-c3ccc(F)c(C)c3)c(=O)[nH]c2C(C)C)ccn1.COc1nc(C(C)C)c(N)cc1-c1ccc(F)c(C)c1.Cc1cc(-c2cc(N)c(C(C)C)[nH]c2=O)ccc1F. The molecule has 82 heavy (non-hydrogen) atoms. The van der Waals surface area contributed by atoms with E-state index < -0.39 is 0 Å². The number of halogens is 4. The van der Waals surface area contributed by atoms with Crippen molar-refractivity contribution in [3.8, 4) is 39.3 Å². The number of hydrogen-bond acceptors (Lipinski definition) is 11. The zero-order chi connectivity index (χ0) is 58.4. The third kappa shape index (κ3) is 19.1. The number of Topliss-reactive ketones (excluding diaryl/α,β-unsaturated/α-hetero) is 2. The van der Waals surface area contributed by atoms with Crippen LogP contribution in [-0.4, -0.2) is 43.6 Å². The first kappa shape index (κ1) is 69.7. The summed E-state index contributed by atoms with van der Waals surface area (Å²) in [4.78, 5) is 65.3. The molecule has 5 aromatic heterocycles. The predicted octanol–water partition coefficient (Wildman–Crippen LogP) is 15.8. The van der Waals surface area contributed by atoms with Crippen molar-refractivity contribution in [2.75, 3.05) is 23.9 Å². The number of nitrogens with one attached hydrogen (secondary N) is 3. The molecule has 0 radical (unpaired) electrons. The van der Waals surface area contributed by atoms with Gasteiger partial charge in [-0.05, 0) is 165 Å². The second-order valence-electron chi connectivity index (χ2n) is 20.0. The molecule has 17 heteroatoms. The van der Waals surface area contributed by atoms with Gasteiger partial charge in [0, 0.05) is 75.4 Å². The predicted molar refractivity (Wildman–Crippen MR) is 332 cm³/mol. The number of rotatable bonds is 13. The van der Waals surface area contributed by atoms with Gasteiger partial charge in [-0.25, -0.2) is 18.2 Å². The van der Waals surface area contributed by atoms with E-state index in [2.05, 4.69) is 30.2 Å². The van der Waals surface area contributed by atoms with E-state index in [0.29, 0.717) is 73.3 Å². The van der Waals surface area contributed by atoms with Gasteiger partial charge in [0.2, 0.25) is 5.88 Å². The second kappa shape index (κ2) is 31.6. The third-order valence-corrected chi connectivity index (χ3v) is 12.5. The monoisotopic (exact) mass is 1140 g/mol. The van der Waals surface area contributed by atoms with Gasteiger partial charge in [-0.2, -0.15) is 0 Å². The molecule has 0 aliphatic carbocycles. The zero-order valence-electron chi connectivity index (χ0n) is 46.6. The highest BCUT2D eigenvalue weighted by Crippen LogP contribution is 2.35. The Morgan fingerprint density at radius 3 is 1.44 bits per heavy atom. The number of nitrogens with zero attached hydrogens (tertiary/aromatic N) is 3. The quantitative estimate of drug-likeness (QED) is 0.0733. The van der Waals surface area contributed by atoms with Gasteiger partial charge >= 0.3 is 0 Å². The number of carbonyl (C=O) groups is 2. The standard InChI is InChI=1S/C23H24FN3O2.C16H19FN2O.C15H17FN2O.C8H8ClNO.3CH4/c1-13(2)22-21(26-17-7-8-25-18(11-17)10-15(4)28)12-19(23(29)27-22)16-5-6-20(24)14(3)9-16;1-9(2)15-14(18)8-12(16(19-15)20-4)11-5-6-13(17)10(3)7-11;1-8(2)14-13(17)7-11(15(19)18-14)10-4-5-12(16)9(3)6-10;1-6(11)4-8-5-7(9)2-3-10-8;;;/h5-9,11-13H,10H2,1-4H3,(H,25,26)(H,27,29);5-9H,18H2,1-4H3;4-8H,17H2,1-3H3,(H,18,19);2-3,5H,4H2,1H3;3*1H4. The molecule has 0 bridgehead atoms. The van der Waals surface area contributed by atoms with Crippen LogP contribution in [0.25, 0.3) is 33.4 Å². The first-order chi connectivity index (χ1) is 37.3. The second-order valence-corrected chi connectivity index (χ2v) is 20.4. The molecule has 0 fully saturated rings. The molecule has 0 aliphatic heterocycles. The number of ketones is 2. The fourth-order valence-electron chi connectivity index (χ4n) is 8.22. The summed E-state index contributed by atoms with van der Waals surface area (Å²) in [7, 11) is 1.57. The molecule has 5 heterocycles. The Kier molecular flexibility index (Phi) is 26.9.